The SMILES string of the molecule is NCc1cnc(C(F)F)cc1S(=O)(=O)Cl. The Morgan fingerprint density at radius 1 is 1.53 bits per heavy atom. The molecule has 1 aromatic heterocycles. The molecule has 4 nitrogen and oxygen atoms in total. The summed E-state index contributed by atoms with van der Waals surface area (Å²) in [5.41, 5.74) is 4.68. The van der Waals surface area contributed by atoms with Crippen molar-refractivity contribution in [3.8, 4) is 0 Å². The molecule has 0 amide bonds. The Morgan fingerprint density at radius 2 is 2.13 bits per heavy atom. The molecule has 0 unspecified atom stereocenters. The first-order valence-electron chi connectivity index (χ1n) is 3.78. The zero-order valence-electron chi connectivity index (χ0n) is 7.32. The molecular weight excluding hydrogens is 250 g/mol. The first-order chi connectivity index (χ1) is 6.86. The molecule has 84 valence electrons. The molecule has 2 N–H and O–H groups in total. The van der Waals surface area contributed by atoms with Crippen molar-refractivity contribution in [3.05, 3.63) is 23.5 Å². The van der Waals surface area contributed by atoms with Gasteiger partial charge < -0.3 is 5.73 Å². The number of alkyl halides is 2. The van der Waals surface area contributed by atoms with E-state index in [0.29, 0.717) is 0 Å². The van der Waals surface area contributed by atoms with E-state index in [0.717, 1.165) is 12.3 Å². The Labute approximate surface area is 89.5 Å². The van der Waals surface area contributed by atoms with Gasteiger partial charge in [0.05, 0.1) is 4.90 Å². The van der Waals surface area contributed by atoms with Crippen LogP contribution in [0.2, 0.25) is 0 Å². The summed E-state index contributed by atoms with van der Waals surface area (Å²) in [4.78, 5) is 2.95. The maximum Gasteiger partial charge on any atom is 0.280 e. The van der Waals surface area contributed by atoms with E-state index in [1.807, 2.05) is 0 Å². The molecule has 1 aromatic rings. The molecule has 0 aliphatic rings. The Kier molecular flexibility index (Phi) is 3.58. The largest absolute Gasteiger partial charge is 0.326 e. The van der Waals surface area contributed by atoms with Crippen molar-refractivity contribution in [2.24, 2.45) is 5.73 Å². The van der Waals surface area contributed by atoms with Crippen LogP contribution in [0.25, 0.3) is 0 Å². The Bertz CT molecular complexity index is 464. The summed E-state index contributed by atoms with van der Waals surface area (Å²) in [6, 6.07) is 0.731. The van der Waals surface area contributed by atoms with Crippen molar-refractivity contribution in [3.63, 3.8) is 0 Å². The average molecular weight is 257 g/mol. The second-order valence-electron chi connectivity index (χ2n) is 2.66. The van der Waals surface area contributed by atoms with Crippen LogP contribution < -0.4 is 5.73 Å². The van der Waals surface area contributed by atoms with Crippen molar-refractivity contribution in [1.82, 2.24) is 4.98 Å². The molecule has 0 bridgehead atoms. The highest BCUT2D eigenvalue weighted by molar-refractivity contribution is 8.13. The van der Waals surface area contributed by atoms with Crippen molar-refractivity contribution >= 4 is 19.7 Å². The molecule has 0 aliphatic heterocycles. The molecule has 0 atom stereocenters. The van der Waals surface area contributed by atoms with Crippen LogP contribution in [0, 0.1) is 0 Å². The highest BCUT2D eigenvalue weighted by Gasteiger charge is 2.19. The summed E-state index contributed by atoms with van der Waals surface area (Å²) in [5.74, 6) is 0. The third-order valence-corrected chi connectivity index (χ3v) is 3.08. The van der Waals surface area contributed by atoms with Gasteiger partial charge >= 0.3 is 0 Å². The minimum absolute atomic E-state index is 0.106. The molecule has 8 heteroatoms. The average Bonchev–Trinajstić information content (AvgIpc) is 2.15. The zero-order chi connectivity index (χ0) is 11.6. The standard InChI is InChI=1S/C7H7ClF2N2O2S/c8-15(13,14)6-1-5(7(9)10)12-3-4(6)2-11/h1,3,7H,2,11H2. The van der Waals surface area contributed by atoms with E-state index >= 15 is 0 Å². The third-order valence-electron chi connectivity index (χ3n) is 1.67. The van der Waals surface area contributed by atoms with Crippen LogP contribution >= 0.6 is 10.7 Å². The number of nitrogens with two attached hydrogens (primary N) is 1. The molecular formula is C7H7ClF2N2O2S. The van der Waals surface area contributed by atoms with Crippen LogP contribution in [-0.4, -0.2) is 13.4 Å². The van der Waals surface area contributed by atoms with Crippen molar-refractivity contribution in [2.75, 3.05) is 0 Å². The number of hydrogen-bond donors (Lipinski definition) is 1. The normalized spacial score (nSPS) is 12.1. The summed E-state index contributed by atoms with van der Waals surface area (Å²) < 4.78 is 46.5. The van der Waals surface area contributed by atoms with Crippen LogP contribution in [0.1, 0.15) is 17.7 Å². The Balaban J connectivity index is 3.39. The maximum absolute atomic E-state index is 12.2. The summed E-state index contributed by atoms with van der Waals surface area (Å²) in [5, 5.41) is 0. The minimum atomic E-state index is -4.08. The molecule has 0 aliphatic carbocycles. The Morgan fingerprint density at radius 3 is 2.53 bits per heavy atom. The molecule has 0 saturated heterocycles. The second-order valence-corrected chi connectivity index (χ2v) is 5.19. The summed E-state index contributed by atoms with van der Waals surface area (Å²) in [6.07, 6.45) is -1.87. The fourth-order valence-corrected chi connectivity index (χ4v) is 2.12. The number of rotatable bonds is 3. The van der Waals surface area contributed by atoms with E-state index in [9.17, 15) is 17.2 Å². The fraction of sp³-hybridized carbons (Fsp3) is 0.286. The van der Waals surface area contributed by atoms with Crippen LogP contribution in [0.4, 0.5) is 8.78 Å². The van der Waals surface area contributed by atoms with E-state index < -0.39 is 26.1 Å². The number of pyridine rings is 1. The van der Waals surface area contributed by atoms with E-state index in [2.05, 4.69) is 4.98 Å². The van der Waals surface area contributed by atoms with Gasteiger partial charge in [0, 0.05) is 29.0 Å². The molecule has 15 heavy (non-hydrogen) atoms. The van der Waals surface area contributed by atoms with E-state index in [1.165, 1.54) is 0 Å². The highest BCUT2D eigenvalue weighted by Crippen LogP contribution is 2.24. The summed E-state index contributed by atoms with van der Waals surface area (Å²) in [7, 11) is 0.980. The monoisotopic (exact) mass is 256 g/mol. The Hall–Kier alpha value is -0.790. The maximum atomic E-state index is 12.2. The zero-order valence-corrected chi connectivity index (χ0v) is 8.89. The molecule has 0 radical (unpaired) electrons. The second kappa shape index (κ2) is 4.38. The predicted molar refractivity (Wildman–Crippen MR) is 50.1 cm³/mol. The summed E-state index contributed by atoms with van der Waals surface area (Å²) >= 11 is 0. The number of aromatic nitrogens is 1. The van der Waals surface area contributed by atoms with Gasteiger partial charge in [-0.2, -0.15) is 0 Å². The predicted octanol–water partition coefficient (Wildman–Crippen LogP) is 1.41. The van der Waals surface area contributed by atoms with Gasteiger partial charge in [-0.25, -0.2) is 17.2 Å². The number of nitrogens with zero attached hydrogens (tertiary/aromatic N) is 1. The van der Waals surface area contributed by atoms with E-state index in [-0.39, 0.29) is 12.1 Å². The highest BCUT2D eigenvalue weighted by atomic mass is 35.7. The lowest BCUT2D eigenvalue weighted by atomic mass is 10.2. The third kappa shape index (κ3) is 2.83. The summed E-state index contributed by atoms with van der Waals surface area (Å²) in [6.45, 7) is -0.141. The first kappa shape index (κ1) is 12.3. The van der Waals surface area contributed by atoms with Gasteiger partial charge in [-0.15, -0.1) is 0 Å². The number of hydrogen-bond acceptors (Lipinski definition) is 4. The van der Waals surface area contributed by atoms with Crippen molar-refractivity contribution < 1.29 is 17.2 Å². The van der Waals surface area contributed by atoms with Crippen molar-refractivity contribution in [1.29, 1.82) is 0 Å². The van der Waals surface area contributed by atoms with Crippen LogP contribution in [0.15, 0.2) is 17.2 Å². The number of halogens is 3. The van der Waals surface area contributed by atoms with Gasteiger partial charge in [0.1, 0.15) is 5.69 Å². The lowest BCUT2D eigenvalue weighted by Crippen LogP contribution is -2.06. The quantitative estimate of drug-likeness (QED) is 0.830. The molecule has 0 aromatic carbocycles. The molecule has 1 heterocycles. The lowest BCUT2D eigenvalue weighted by Gasteiger charge is -2.06. The first-order valence-corrected chi connectivity index (χ1v) is 6.09. The molecule has 0 spiro atoms. The molecule has 1 rings (SSSR count). The fourth-order valence-electron chi connectivity index (χ4n) is 0.980. The topological polar surface area (TPSA) is 73.0 Å². The van der Waals surface area contributed by atoms with Crippen LogP contribution in [0.5, 0.6) is 0 Å². The van der Waals surface area contributed by atoms with Gasteiger partial charge in [-0.05, 0) is 6.07 Å². The lowest BCUT2D eigenvalue weighted by molar-refractivity contribution is 0.145. The molecule has 0 fully saturated rings. The van der Waals surface area contributed by atoms with Gasteiger partial charge in [0.25, 0.3) is 15.5 Å². The van der Waals surface area contributed by atoms with Crippen LogP contribution in [-0.2, 0) is 15.6 Å². The minimum Gasteiger partial charge on any atom is -0.326 e. The van der Waals surface area contributed by atoms with E-state index in [1.54, 1.807) is 0 Å². The van der Waals surface area contributed by atoms with Crippen molar-refractivity contribution in [2.45, 2.75) is 17.9 Å². The van der Waals surface area contributed by atoms with Gasteiger partial charge in [0.15, 0.2) is 0 Å². The van der Waals surface area contributed by atoms with Gasteiger partial charge in [0.2, 0.25) is 0 Å². The molecule has 0 saturated carbocycles. The van der Waals surface area contributed by atoms with E-state index in [4.69, 9.17) is 16.4 Å². The smallest absolute Gasteiger partial charge is 0.280 e. The van der Waals surface area contributed by atoms with Crippen LogP contribution in [0.3, 0.4) is 0 Å². The van der Waals surface area contributed by atoms with Gasteiger partial charge in [-0.1, -0.05) is 0 Å². The van der Waals surface area contributed by atoms with Gasteiger partial charge in [-0.3, -0.25) is 4.98 Å².